The number of nitrogens with one attached hydrogen (secondary N) is 1. The minimum atomic E-state index is 0.648. The minimum absolute atomic E-state index is 0.648. The van der Waals surface area contributed by atoms with Crippen LogP contribution in [0.25, 0.3) is 0 Å². The normalized spacial score (nSPS) is 10.4. The van der Waals surface area contributed by atoms with E-state index in [0.29, 0.717) is 6.61 Å². The zero-order chi connectivity index (χ0) is 13.5. The fourth-order valence-electron chi connectivity index (χ4n) is 1.57. The molecule has 0 amide bonds. The number of methoxy groups -OCH3 is 1. The summed E-state index contributed by atoms with van der Waals surface area (Å²) in [5.74, 6) is 1.70. The third-order valence-corrected chi connectivity index (χ3v) is 4.51. The van der Waals surface area contributed by atoms with Crippen molar-refractivity contribution >= 4 is 27.3 Å². The smallest absolute Gasteiger partial charge is 0.119 e. The van der Waals surface area contributed by atoms with Gasteiger partial charge in [-0.25, -0.2) is 0 Å². The molecule has 102 valence electrons. The second-order valence-electron chi connectivity index (χ2n) is 3.89. The summed E-state index contributed by atoms with van der Waals surface area (Å²) in [6, 6.07) is 9.68. The minimum Gasteiger partial charge on any atom is -0.497 e. The predicted molar refractivity (Wildman–Crippen MR) is 82.2 cm³/mol. The van der Waals surface area contributed by atoms with Crippen molar-refractivity contribution in [2.75, 3.05) is 20.3 Å². The Labute approximate surface area is 125 Å². The molecule has 0 fully saturated rings. The maximum absolute atomic E-state index is 5.63. The van der Waals surface area contributed by atoms with Crippen LogP contribution in [0.3, 0.4) is 0 Å². The SMILES string of the molecule is COc1ccc(OCCNCc2sccc2Br)cc1. The second kappa shape index (κ2) is 7.53. The molecule has 1 heterocycles. The molecule has 0 unspecified atom stereocenters. The maximum Gasteiger partial charge on any atom is 0.119 e. The summed E-state index contributed by atoms with van der Waals surface area (Å²) in [7, 11) is 1.66. The van der Waals surface area contributed by atoms with E-state index in [0.717, 1.165) is 24.6 Å². The molecule has 2 rings (SSSR count). The van der Waals surface area contributed by atoms with Crippen molar-refractivity contribution in [3.05, 3.63) is 45.1 Å². The molecule has 3 nitrogen and oxygen atoms in total. The summed E-state index contributed by atoms with van der Waals surface area (Å²) >= 11 is 5.26. The van der Waals surface area contributed by atoms with Gasteiger partial charge in [-0.05, 0) is 51.6 Å². The molecule has 0 atom stereocenters. The lowest BCUT2D eigenvalue weighted by Gasteiger charge is -2.08. The van der Waals surface area contributed by atoms with Crippen molar-refractivity contribution in [2.45, 2.75) is 6.54 Å². The molecule has 0 spiro atoms. The molecule has 1 aromatic heterocycles. The lowest BCUT2D eigenvalue weighted by molar-refractivity contribution is 0.313. The summed E-state index contributed by atoms with van der Waals surface area (Å²) in [4.78, 5) is 1.31. The number of hydrogen-bond donors (Lipinski definition) is 1. The van der Waals surface area contributed by atoms with Crippen LogP contribution in [-0.2, 0) is 6.54 Å². The third-order valence-electron chi connectivity index (χ3n) is 2.58. The highest BCUT2D eigenvalue weighted by molar-refractivity contribution is 9.10. The largest absolute Gasteiger partial charge is 0.497 e. The lowest BCUT2D eigenvalue weighted by atomic mass is 10.3. The molecule has 0 aliphatic carbocycles. The average Bonchev–Trinajstić information content (AvgIpc) is 2.85. The predicted octanol–water partition coefficient (Wildman–Crippen LogP) is 3.69. The molecule has 5 heteroatoms. The van der Waals surface area contributed by atoms with Crippen LogP contribution in [-0.4, -0.2) is 20.3 Å². The van der Waals surface area contributed by atoms with Gasteiger partial charge in [0.05, 0.1) is 7.11 Å². The van der Waals surface area contributed by atoms with E-state index in [9.17, 15) is 0 Å². The molecule has 1 aromatic carbocycles. The summed E-state index contributed by atoms with van der Waals surface area (Å²) < 4.78 is 11.9. The summed E-state index contributed by atoms with van der Waals surface area (Å²) in [6.07, 6.45) is 0. The molecular formula is C14H16BrNO2S. The zero-order valence-corrected chi connectivity index (χ0v) is 13.1. The van der Waals surface area contributed by atoms with Crippen molar-refractivity contribution in [1.82, 2.24) is 5.32 Å². The van der Waals surface area contributed by atoms with E-state index in [1.165, 1.54) is 9.35 Å². The van der Waals surface area contributed by atoms with Crippen LogP contribution in [0.1, 0.15) is 4.88 Å². The van der Waals surface area contributed by atoms with E-state index >= 15 is 0 Å². The first-order valence-electron chi connectivity index (χ1n) is 5.99. The Balaban J connectivity index is 1.65. The van der Waals surface area contributed by atoms with Gasteiger partial charge in [-0.1, -0.05) is 0 Å². The van der Waals surface area contributed by atoms with Gasteiger partial charge >= 0.3 is 0 Å². The van der Waals surface area contributed by atoms with Crippen LogP contribution in [0.5, 0.6) is 11.5 Å². The number of rotatable bonds is 7. The van der Waals surface area contributed by atoms with Gasteiger partial charge in [0.15, 0.2) is 0 Å². The Bertz CT molecular complexity index is 498. The Hall–Kier alpha value is -1.04. The van der Waals surface area contributed by atoms with Crippen molar-refractivity contribution < 1.29 is 9.47 Å². The van der Waals surface area contributed by atoms with Crippen molar-refractivity contribution in [3.8, 4) is 11.5 Å². The van der Waals surface area contributed by atoms with E-state index in [4.69, 9.17) is 9.47 Å². The fourth-order valence-corrected chi connectivity index (χ4v) is 3.03. The van der Waals surface area contributed by atoms with Gasteiger partial charge in [-0.3, -0.25) is 0 Å². The summed E-state index contributed by atoms with van der Waals surface area (Å²) in [5.41, 5.74) is 0. The van der Waals surface area contributed by atoms with Crippen LogP contribution in [0.2, 0.25) is 0 Å². The summed E-state index contributed by atoms with van der Waals surface area (Å²) in [6.45, 7) is 2.33. The van der Waals surface area contributed by atoms with Gasteiger partial charge < -0.3 is 14.8 Å². The van der Waals surface area contributed by atoms with E-state index in [-0.39, 0.29) is 0 Å². The first-order chi connectivity index (χ1) is 9.29. The third kappa shape index (κ3) is 4.53. The highest BCUT2D eigenvalue weighted by atomic mass is 79.9. The molecule has 1 N–H and O–H groups in total. The topological polar surface area (TPSA) is 30.5 Å². The number of halogens is 1. The maximum atomic E-state index is 5.63. The Morgan fingerprint density at radius 3 is 2.53 bits per heavy atom. The van der Waals surface area contributed by atoms with Crippen LogP contribution in [0, 0.1) is 0 Å². The second-order valence-corrected chi connectivity index (χ2v) is 5.75. The molecule has 2 aromatic rings. The number of thiophene rings is 1. The first-order valence-corrected chi connectivity index (χ1v) is 7.66. The van der Waals surface area contributed by atoms with Gasteiger partial charge in [0.1, 0.15) is 18.1 Å². The van der Waals surface area contributed by atoms with Gasteiger partial charge in [0.25, 0.3) is 0 Å². The molecule has 0 radical (unpaired) electrons. The van der Waals surface area contributed by atoms with Gasteiger partial charge in [-0.15, -0.1) is 11.3 Å². The standard InChI is InChI=1S/C14H16BrNO2S/c1-17-11-2-4-12(5-3-11)18-8-7-16-10-14-13(15)6-9-19-14/h2-6,9,16H,7-8,10H2,1H3. The van der Waals surface area contributed by atoms with Crippen molar-refractivity contribution in [2.24, 2.45) is 0 Å². The Morgan fingerprint density at radius 2 is 1.89 bits per heavy atom. The summed E-state index contributed by atoms with van der Waals surface area (Å²) in [5, 5.41) is 5.43. The molecule has 0 bridgehead atoms. The molecule has 0 saturated carbocycles. The first kappa shape index (κ1) is 14.4. The van der Waals surface area contributed by atoms with Crippen molar-refractivity contribution in [1.29, 1.82) is 0 Å². The molecular weight excluding hydrogens is 326 g/mol. The highest BCUT2D eigenvalue weighted by Crippen LogP contribution is 2.22. The van der Waals surface area contributed by atoms with E-state index < -0.39 is 0 Å². The Kier molecular flexibility index (Phi) is 5.69. The van der Waals surface area contributed by atoms with Crippen LogP contribution < -0.4 is 14.8 Å². The average molecular weight is 342 g/mol. The number of hydrogen-bond acceptors (Lipinski definition) is 4. The van der Waals surface area contributed by atoms with E-state index in [1.54, 1.807) is 18.4 Å². The van der Waals surface area contributed by atoms with Gasteiger partial charge in [-0.2, -0.15) is 0 Å². The Morgan fingerprint density at radius 1 is 1.16 bits per heavy atom. The van der Waals surface area contributed by atoms with Crippen LogP contribution >= 0.6 is 27.3 Å². The molecule has 0 aliphatic rings. The molecule has 0 saturated heterocycles. The molecule has 19 heavy (non-hydrogen) atoms. The fraction of sp³-hybridized carbons (Fsp3) is 0.286. The van der Waals surface area contributed by atoms with E-state index in [2.05, 4.69) is 32.7 Å². The monoisotopic (exact) mass is 341 g/mol. The highest BCUT2D eigenvalue weighted by Gasteiger charge is 2.00. The lowest BCUT2D eigenvalue weighted by Crippen LogP contribution is -2.20. The van der Waals surface area contributed by atoms with Crippen LogP contribution in [0.15, 0.2) is 40.2 Å². The molecule has 0 aliphatic heterocycles. The van der Waals surface area contributed by atoms with E-state index in [1.807, 2.05) is 24.3 Å². The van der Waals surface area contributed by atoms with Crippen molar-refractivity contribution in [3.63, 3.8) is 0 Å². The number of ether oxygens (including phenoxy) is 2. The quantitative estimate of drug-likeness (QED) is 0.779. The van der Waals surface area contributed by atoms with Gasteiger partial charge in [0.2, 0.25) is 0 Å². The van der Waals surface area contributed by atoms with Crippen LogP contribution in [0.4, 0.5) is 0 Å². The number of benzene rings is 1. The zero-order valence-electron chi connectivity index (χ0n) is 10.7. The van der Waals surface area contributed by atoms with Gasteiger partial charge in [0, 0.05) is 22.4 Å².